The molecular weight excluding hydrogens is 315 g/mol. The number of hydrogen-bond acceptors (Lipinski definition) is 5. The van der Waals surface area contributed by atoms with E-state index in [4.69, 9.17) is 18.9 Å². The molecule has 0 spiro atoms. The van der Waals surface area contributed by atoms with Crippen molar-refractivity contribution in [3.8, 4) is 23.0 Å². The van der Waals surface area contributed by atoms with Gasteiger partial charge < -0.3 is 18.9 Å². The number of methoxy groups -OCH3 is 3. The average molecular weight is 332 g/mol. The van der Waals surface area contributed by atoms with Crippen molar-refractivity contribution in [1.29, 1.82) is 0 Å². The molecule has 0 fully saturated rings. The highest BCUT2D eigenvalue weighted by Crippen LogP contribution is 2.49. The van der Waals surface area contributed by atoms with E-state index in [9.17, 15) is 9.18 Å². The maximum absolute atomic E-state index is 13.1. The van der Waals surface area contributed by atoms with Crippen LogP contribution in [0.4, 0.5) is 4.39 Å². The number of carbonyl (C=O) groups excluding carboxylic acids is 1. The summed E-state index contributed by atoms with van der Waals surface area (Å²) in [5.74, 6) is 0.916. The van der Waals surface area contributed by atoms with Gasteiger partial charge in [-0.3, -0.25) is 4.79 Å². The van der Waals surface area contributed by atoms with E-state index in [1.807, 2.05) is 0 Å². The molecule has 24 heavy (non-hydrogen) atoms. The molecule has 1 aliphatic rings. The third-order valence-electron chi connectivity index (χ3n) is 3.95. The van der Waals surface area contributed by atoms with E-state index in [2.05, 4.69) is 0 Å². The van der Waals surface area contributed by atoms with Crippen molar-refractivity contribution >= 4 is 5.78 Å². The van der Waals surface area contributed by atoms with Crippen LogP contribution in [0.3, 0.4) is 0 Å². The minimum absolute atomic E-state index is 0.129. The molecule has 1 heterocycles. The lowest BCUT2D eigenvalue weighted by atomic mass is 9.95. The molecule has 0 amide bonds. The summed E-state index contributed by atoms with van der Waals surface area (Å²) in [7, 11) is 4.42. The van der Waals surface area contributed by atoms with Crippen LogP contribution in [0.25, 0.3) is 0 Å². The minimum atomic E-state index is -0.492. The van der Waals surface area contributed by atoms with Crippen molar-refractivity contribution in [3.05, 3.63) is 47.3 Å². The lowest BCUT2D eigenvalue weighted by molar-refractivity contribution is 0.0842. The minimum Gasteiger partial charge on any atom is -0.493 e. The lowest BCUT2D eigenvalue weighted by Crippen LogP contribution is -2.21. The zero-order chi connectivity index (χ0) is 17.3. The summed E-state index contributed by atoms with van der Waals surface area (Å²) in [6, 6.07) is 7.50. The van der Waals surface area contributed by atoms with Crippen LogP contribution >= 0.6 is 0 Å². The fourth-order valence-electron chi connectivity index (χ4n) is 2.82. The number of hydrogen-bond donors (Lipinski definition) is 0. The van der Waals surface area contributed by atoms with Crippen LogP contribution in [0, 0.1) is 5.82 Å². The van der Waals surface area contributed by atoms with Crippen molar-refractivity contribution in [2.75, 3.05) is 21.3 Å². The molecule has 2 aromatic carbocycles. The van der Waals surface area contributed by atoms with Gasteiger partial charge in [-0.05, 0) is 17.7 Å². The summed E-state index contributed by atoms with van der Waals surface area (Å²) < 4.78 is 35.0. The van der Waals surface area contributed by atoms with Crippen LogP contribution in [0.1, 0.15) is 28.4 Å². The molecule has 0 saturated carbocycles. The Morgan fingerprint density at radius 3 is 2.29 bits per heavy atom. The van der Waals surface area contributed by atoms with Gasteiger partial charge in [-0.1, -0.05) is 12.1 Å². The first-order valence-corrected chi connectivity index (χ1v) is 7.37. The second kappa shape index (κ2) is 6.39. The number of benzene rings is 2. The van der Waals surface area contributed by atoms with E-state index in [1.165, 1.54) is 33.5 Å². The molecule has 0 N–H and O–H groups in total. The fraction of sp³-hybridized carbons (Fsp3) is 0.278. The van der Waals surface area contributed by atoms with Crippen molar-refractivity contribution in [2.45, 2.75) is 12.5 Å². The van der Waals surface area contributed by atoms with Crippen molar-refractivity contribution in [3.63, 3.8) is 0 Å². The smallest absolute Gasteiger partial charge is 0.204 e. The Morgan fingerprint density at radius 2 is 1.71 bits per heavy atom. The monoisotopic (exact) mass is 332 g/mol. The summed E-state index contributed by atoms with van der Waals surface area (Å²) >= 11 is 0. The summed E-state index contributed by atoms with van der Waals surface area (Å²) in [4.78, 5) is 12.7. The second-order valence-electron chi connectivity index (χ2n) is 5.30. The van der Waals surface area contributed by atoms with Gasteiger partial charge in [-0.2, -0.15) is 0 Å². The van der Waals surface area contributed by atoms with Gasteiger partial charge in [-0.25, -0.2) is 4.39 Å². The van der Waals surface area contributed by atoms with E-state index in [0.29, 0.717) is 22.8 Å². The fourth-order valence-corrected chi connectivity index (χ4v) is 2.82. The largest absolute Gasteiger partial charge is 0.493 e. The molecule has 6 heteroatoms. The summed E-state index contributed by atoms with van der Waals surface area (Å²) in [5.41, 5.74) is 1.05. The highest BCUT2D eigenvalue weighted by molar-refractivity contribution is 6.04. The molecule has 5 nitrogen and oxygen atoms in total. The number of carbonyl (C=O) groups is 1. The maximum atomic E-state index is 13.1. The molecule has 0 aliphatic carbocycles. The second-order valence-corrected chi connectivity index (χ2v) is 5.30. The molecule has 0 saturated heterocycles. The first-order chi connectivity index (χ1) is 11.6. The SMILES string of the molecule is COc1cc2c(c(OC)c1OC)C(=O)CC(c1ccc(F)cc1)O2. The van der Waals surface area contributed by atoms with Gasteiger partial charge in [0.05, 0.1) is 27.8 Å². The van der Waals surface area contributed by atoms with Crippen LogP contribution in [-0.2, 0) is 0 Å². The van der Waals surface area contributed by atoms with E-state index in [1.54, 1.807) is 18.2 Å². The molecule has 2 aromatic rings. The number of Topliss-reactive ketones (excluding diaryl/α,β-unsaturated/α-hetero) is 1. The number of rotatable bonds is 4. The molecule has 126 valence electrons. The van der Waals surface area contributed by atoms with E-state index >= 15 is 0 Å². The van der Waals surface area contributed by atoms with Crippen molar-refractivity contribution in [1.82, 2.24) is 0 Å². The standard InChI is InChI=1S/C18H17FO5/c1-21-15-9-14-16(18(23-3)17(15)22-2)12(20)8-13(24-14)10-4-6-11(19)7-5-10/h4-7,9,13H,8H2,1-3H3. The maximum Gasteiger partial charge on any atom is 0.204 e. The van der Waals surface area contributed by atoms with Gasteiger partial charge in [0.1, 0.15) is 23.2 Å². The van der Waals surface area contributed by atoms with Crippen molar-refractivity contribution < 1.29 is 28.1 Å². The van der Waals surface area contributed by atoms with Gasteiger partial charge in [0, 0.05) is 6.07 Å². The number of ketones is 1. The van der Waals surface area contributed by atoms with Gasteiger partial charge in [0.25, 0.3) is 0 Å². The van der Waals surface area contributed by atoms with Crippen LogP contribution in [-0.4, -0.2) is 27.1 Å². The molecule has 0 radical (unpaired) electrons. The van der Waals surface area contributed by atoms with E-state index in [0.717, 1.165) is 5.56 Å². The average Bonchev–Trinajstić information content (AvgIpc) is 2.60. The molecule has 0 aromatic heterocycles. The summed E-state index contributed by atoms with van der Waals surface area (Å²) in [6.07, 6.45) is -0.363. The summed E-state index contributed by atoms with van der Waals surface area (Å²) in [6.45, 7) is 0. The number of halogens is 1. The predicted molar refractivity (Wildman–Crippen MR) is 84.8 cm³/mol. The molecule has 1 aliphatic heterocycles. The Morgan fingerprint density at radius 1 is 1.04 bits per heavy atom. The van der Waals surface area contributed by atoms with Crippen LogP contribution in [0.15, 0.2) is 30.3 Å². The Bertz CT molecular complexity index is 770. The first kappa shape index (κ1) is 16.1. The van der Waals surface area contributed by atoms with Crippen molar-refractivity contribution in [2.24, 2.45) is 0 Å². The number of ether oxygens (including phenoxy) is 4. The van der Waals surface area contributed by atoms with Gasteiger partial charge in [-0.15, -0.1) is 0 Å². The Labute approximate surface area is 138 Å². The normalized spacial score (nSPS) is 16.2. The molecule has 3 rings (SSSR count). The first-order valence-electron chi connectivity index (χ1n) is 7.37. The van der Waals surface area contributed by atoms with Gasteiger partial charge in [0.15, 0.2) is 17.3 Å². The van der Waals surface area contributed by atoms with Crippen LogP contribution < -0.4 is 18.9 Å². The quantitative estimate of drug-likeness (QED) is 0.857. The predicted octanol–water partition coefficient (Wildman–Crippen LogP) is 3.56. The molecule has 0 bridgehead atoms. The van der Waals surface area contributed by atoms with Crippen LogP contribution in [0.2, 0.25) is 0 Å². The Balaban J connectivity index is 2.07. The highest BCUT2D eigenvalue weighted by Gasteiger charge is 2.34. The Kier molecular flexibility index (Phi) is 4.29. The zero-order valence-electron chi connectivity index (χ0n) is 13.6. The van der Waals surface area contributed by atoms with Crippen LogP contribution in [0.5, 0.6) is 23.0 Å². The molecule has 1 atom stereocenters. The lowest BCUT2D eigenvalue weighted by Gasteiger charge is -2.28. The highest BCUT2D eigenvalue weighted by atomic mass is 19.1. The van der Waals surface area contributed by atoms with E-state index in [-0.39, 0.29) is 23.8 Å². The zero-order valence-corrected chi connectivity index (χ0v) is 13.6. The third kappa shape index (κ3) is 2.64. The molecular formula is C18H17FO5. The molecule has 1 unspecified atom stereocenters. The number of fused-ring (bicyclic) bond motifs is 1. The van der Waals surface area contributed by atoms with Gasteiger partial charge >= 0.3 is 0 Å². The van der Waals surface area contributed by atoms with E-state index < -0.39 is 6.10 Å². The Hall–Kier alpha value is -2.76. The summed E-state index contributed by atoms with van der Waals surface area (Å²) in [5, 5.41) is 0. The third-order valence-corrected chi connectivity index (χ3v) is 3.95. The van der Waals surface area contributed by atoms with Gasteiger partial charge in [0.2, 0.25) is 5.75 Å². The topological polar surface area (TPSA) is 54.0 Å².